The highest BCUT2D eigenvalue weighted by molar-refractivity contribution is 5.97. The summed E-state index contributed by atoms with van der Waals surface area (Å²) in [7, 11) is 3.52. The minimum Gasteiger partial charge on any atom is -0.482 e. The van der Waals surface area contributed by atoms with Crippen LogP contribution in [0.3, 0.4) is 0 Å². The van der Waals surface area contributed by atoms with Crippen LogP contribution in [0.4, 0.5) is 11.4 Å². The van der Waals surface area contributed by atoms with Crippen molar-refractivity contribution in [3.63, 3.8) is 0 Å². The van der Waals surface area contributed by atoms with Crippen molar-refractivity contribution in [3.8, 4) is 5.75 Å². The zero-order valence-corrected chi connectivity index (χ0v) is 11.0. The maximum atomic E-state index is 11.6. The molecule has 0 aromatic heterocycles. The Kier molecular flexibility index (Phi) is 3.92. The molecule has 19 heavy (non-hydrogen) atoms. The number of benzene rings is 1. The average molecular weight is 266 g/mol. The number of aliphatic hydroxyl groups is 2. The Morgan fingerprint density at radius 2 is 2.26 bits per heavy atom. The van der Waals surface area contributed by atoms with Gasteiger partial charge in [0.15, 0.2) is 6.61 Å². The maximum absolute atomic E-state index is 11.6. The fourth-order valence-corrected chi connectivity index (χ4v) is 1.98. The van der Waals surface area contributed by atoms with E-state index in [1.54, 1.807) is 18.0 Å². The SMILES string of the molecule is CN(CC(O)CO)c1ccc2c(c1)N(C)C(=O)CO2. The van der Waals surface area contributed by atoms with Crippen LogP contribution in [0.2, 0.25) is 0 Å². The summed E-state index contributed by atoms with van der Waals surface area (Å²) >= 11 is 0. The normalized spacial score (nSPS) is 15.8. The fraction of sp³-hybridized carbons (Fsp3) is 0.462. The Hall–Kier alpha value is -1.79. The molecule has 6 heteroatoms. The van der Waals surface area contributed by atoms with E-state index in [4.69, 9.17) is 9.84 Å². The number of carbonyl (C=O) groups excluding carboxylic acids is 1. The van der Waals surface area contributed by atoms with Crippen LogP contribution in [-0.2, 0) is 4.79 Å². The Bertz CT molecular complexity index is 478. The molecule has 2 N–H and O–H groups in total. The zero-order valence-electron chi connectivity index (χ0n) is 11.0. The number of hydrogen-bond donors (Lipinski definition) is 2. The van der Waals surface area contributed by atoms with Crippen molar-refractivity contribution in [1.82, 2.24) is 0 Å². The molecular formula is C13H18N2O4. The third kappa shape index (κ3) is 2.80. The van der Waals surface area contributed by atoms with Crippen molar-refractivity contribution in [2.75, 3.05) is 43.7 Å². The molecule has 0 bridgehead atoms. The van der Waals surface area contributed by atoms with Crippen molar-refractivity contribution in [1.29, 1.82) is 0 Å². The highest BCUT2D eigenvalue weighted by atomic mass is 16.5. The third-order valence-electron chi connectivity index (χ3n) is 3.17. The van der Waals surface area contributed by atoms with Crippen LogP contribution in [0.15, 0.2) is 18.2 Å². The number of likely N-dealkylation sites (N-methyl/N-ethyl adjacent to an activating group) is 2. The van der Waals surface area contributed by atoms with Gasteiger partial charge in [0.05, 0.1) is 18.4 Å². The number of fused-ring (bicyclic) bond motifs is 1. The number of anilines is 2. The number of amides is 1. The second-order valence-corrected chi connectivity index (χ2v) is 4.61. The maximum Gasteiger partial charge on any atom is 0.264 e. The lowest BCUT2D eigenvalue weighted by molar-refractivity contribution is -0.120. The van der Waals surface area contributed by atoms with E-state index < -0.39 is 6.10 Å². The van der Waals surface area contributed by atoms with E-state index >= 15 is 0 Å². The monoisotopic (exact) mass is 266 g/mol. The molecule has 1 aliphatic rings. The predicted octanol–water partition coefficient (Wildman–Crippen LogP) is -0.169. The highest BCUT2D eigenvalue weighted by Crippen LogP contribution is 2.34. The van der Waals surface area contributed by atoms with Crippen molar-refractivity contribution in [3.05, 3.63) is 18.2 Å². The molecule has 0 radical (unpaired) electrons. The second kappa shape index (κ2) is 5.46. The Labute approximate surface area is 111 Å². The summed E-state index contributed by atoms with van der Waals surface area (Å²) < 4.78 is 5.34. The van der Waals surface area contributed by atoms with Gasteiger partial charge < -0.3 is 24.7 Å². The van der Waals surface area contributed by atoms with Gasteiger partial charge in [-0.3, -0.25) is 4.79 Å². The smallest absolute Gasteiger partial charge is 0.264 e. The van der Waals surface area contributed by atoms with Gasteiger partial charge in [-0.25, -0.2) is 0 Å². The van der Waals surface area contributed by atoms with Gasteiger partial charge in [0, 0.05) is 26.3 Å². The Morgan fingerprint density at radius 1 is 1.53 bits per heavy atom. The zero-order chi connectivity index (χ0) is 14.0. The van der Waals surface area contributed by atoms with Crippen LogP contribution in [0.25, 0.3) is 0 Å². The standard InChI is InChI=1S/C13H18N2O4/c1-14(6-10(17)7-16)9-3-4-12-11(5-9)15(2)13(18)8-19-12/h3-5,10,16-17H,6-8H2,1-2H3. The molecule has 0 spiro atoms. The first-order valence-corrected chi connectivity index (χ1v) is 6.06. The highest BCUT2D eigenvalue weighted by Gasteiger charge is 2.23. The number of ether oxygens (including phenoxy) is 1. The van der Waals surface area contributed by atoms with Crippen LogP contribution < -0.4 is 14.5 Å². The van der Waals surface area contributed by atoms with Crippen molar-refractivity contribution in [2.24, 2.45) is 0 Å². The number of nitrogens with zero attached hydrogens (tertiary/aromatic N) is 2. The molecule has 0 fully saturated rings. The van der Waals surface area contributed by atoms with Crippen LogP contribution >= 0.6 is 0 Å². The number of aliphatic hydroxyl groups excluding tert-OH is 2. The van der Waals surface area contributed by atoms with Crippen LogP contribution in [0.5, 0.6) is 5.75 Å². The summed E-state index contributed by atoms with van der Waals surface area (Å²) in [5.41, 5.74) is 1.55. The predicted molar refractivity (Wildman–Crippen MR) is 71.7 cm³/mol. The van der Waals surface area contributed by atoms with Gasteiger partial charge in [-0.05, 0) is 18.2 Å². The molecule has 6 nitrogen and oxygen atoms in total. The van der Waals surface area contributed by atoms with E-state index in [1.165, 1.54) is 0 Å². The fourth-order valence-electron chi connectivity index (χ4n) is 1.98. The Balaban J connectivity index is 2.22. The summed E-state index contributed by atoms with van der Waals surface area (Å²) in [6, 6.07) is 5.48. The molecular weight excluding hydrogens is 248 g/mol. The quantitative estimate of drug-likeness (QED) is 0.791. The molecule has 0 saturated carbocycles. The number of carbonyl (C=O) groups is 1. The lowest BCUT2D eigenvalue weighted by Gasteiger charge is -2.28. The van der Waals surface area contributed by atoms with Crippen LogP contribution in [0, 0.1) is 0 Å². The molecule has 1 aliphatic heterocycles. The molecule has 104 valence electrons. The minimum absolute atomic E-state index is 0.0575. The third-order valence-corrected chi connectivity index (χ3v) is 3.17. The topological polar surface area (TPSA) is 73.2 Å². The molecule has 0 saturated heterocycles. The van der Waals surface area contributed by atoms with Crippen molar-refractivity contribution >= 4 is 17.3 Å². The average Bonchev–Trinajstić information content (AvgIpc) is 2.42. The van der Waals surface area contributed by atoms with E-state index in [2.05, 4.69) is 0 Å². The van der Waals surface area contributed by atoms with E-state index in [9.17, 15) is 9.90 Å². The van der Waals surface area contributed by atoms with E-state index in [0.29, 0.717) is 18.0 Å². The van der Waals surface area contributed by atoms with Gasteiger partial charge in [0.1, 0.15) is 5.75 Å². The number of rotatable bonds is 4. The molecule has 1 aromatic rings. The summed E-state index contributed by atoms with van der Waals surface area (Å²) in [6.45, 7) is 0.0898. The first-order chi connectivity index (χ1) is 9.02. The lowest BCUT2D eigenvalue weighted by Crippen LogP contribution is -2.36. The first-order valence-electron chi connectivity index (χ1n) is 6.06. The molecule has 0 aliphatic carbocycles. The lowest BCUT2D eigenvalue weighted by atomic mass is 10.2. The molecule has 1 heterocycles. The van der Waals surface area contributed by atoms with Crippen molar-refractivity contribution in [2.45, 2.75) is 6.10 Å². The minimum atomic E-state index is -0.795. The van der Waals surface area contributed by atoms with Crippen LogP contribution in [-0.4, -0.2) is 56.1 Å². The van der Waals surface area contributed by atoms with E-state index in [0.717, 1.165) is 5.69 Å². The molecule has 1 unspecified atom stereocenters. The Morgan fingerprint density at radius 3 is 2.95 bits per heavy atom. The van der Waals surface area contributed by atoms with Gasteiger partial charge in [-0.15, -0.1) is 0 Å². The molecule has 1 atom stereocenters. The first kappa shape index (κ1) is 13.6. The van der Waals surface area contributed by atoms with Crippen molar-refractivity contribution < 1.29 is 19.7 Å². The number of hydrogen-bond acceptors (Lipinski definition) is 5. The molecule has 1 amide bonds. The summed E-state index contributed by atoms with van der Waals surface area (Å²) in [4.78, 5) is 14.9. The van der Waals surface area contributed by atoms with Gasteiger partial charge in [0.2, 0.25) is 0 Å². The summed E-state index contributed by atoms with van der Waals surface area (Å²) in [5, 5.41) is 18.3. The van der Waals surface area contributed by atoms with Gasteiger partial charge in [0.25, 0.3) is 5.91 Å². The summed E-state index contributed by atoms with van der Waals surface area (Å²) in [6.07, 6.45) is -0.795. The van der Waals surface area contributed by atoms with Crippen LogP contribution in [0.1, 0.15) is 0 Å². The largest absolute Gasteiger partial charge is 0.482 e. The molecule has 2 rings (SSSR count). The summed E-state index contributed by atoms with van der Waals surface area (Å²) in [5.74, 6) is 0.574. The molecule has 1 aromatic carbocycles. The van der Waals surface area contributed by atoms with Gasteiger partial charge in [-0.1, -0.05) is 0 Å². The van der Waals surface area contributed by atoms with E-state index in [1.807, 2.05) is 24.1 Å². The van der Waals surface area contributed by atoms with Gasteiger partial charge >= 0.3 is 0 Å². The second-order valence-electron chi connectivity index (χ2n) is 4.61. The van der Waals surface area contributed by atoms with Gasteiger partial charge in [-0.2, -0.15) is 0 Å². The van der Waals surface area contributed by atoms with E-state index in [-0.39, 0.29) is 19.1 Å².